The molecule has 2 atom stereocenters. The number of benzene rings is 1. The number of carbonyl (C=O) groups excluding carboxylic acids is 2. The van der Waals surface area contributed by atoms with E-state index in [1.54, 1.807) is 25.1 Å². The first kappa shape index (κ1) is 15.2. The van der Waals surface area contributed by atoms with E-state index in [2.05, 4.69) is 5.32 Å². The van der Waals surface area contributed by atoms with Crippen molar-refractivity contribution in [3.63, 3.8) is 0 Å². The lowest BCUT2D eigenvalue weighted by Gasteiger charge is -2.33. The zero-order chi connectivity index (χ0) is 15.6. The molecule has 1 heterocycles. The summed E-state index contributed by atoms with van der Waals surface area (Å²) in [6, 6.07) is 5.25. The molecule has 0 saturated heterocycles. The van der Waals surface area contributed by atoms with Gasteiger partial charge in [0, 0.05) is 6.04 Å². The van der Waals surface area contributed by atoms with Crippen LogP contribution in [0.1, 0.15) is 27.2 Å². The van der Waals surface area contributed by atoms with Crippen molar-refractivity contribution in [1.29, 1.82) is 0 Å². The molecule has 1 aliphatic rings. The number of para-hydroxylation sites is 1. The first-order valence-electron chi connectivity index (χ1n) is 7.10. The quantitative estimate of drug-likeness (QED) is 0.819. The SMILES string of the molecule is CCC(C)NC(=O)CN1C(=O)C(C)Oc2c(N)cccc21. The van der Waals surface area contributed by atoms with E-state index in [-0.39, 0.29) is 24.4 Å². The van der Waals surface area contributed by atoms with E-state index in [1.165, 1.54) is 4.90 Å². The van der Waals surface area contributed by atoms with Gasteiger partial charge >= 0.3 is 0 Å². The summed E-state index contributed by atoms with van der Waals surface area (Å²) in [6.07, 6.45) is 0.182. The topological polar surface area (TPSA) is 84.7 Å². The molecule has 3 N–H and O–H groups in total. The van der Waals surface area contributed by atoms with Crippen LogP contribution in [0.15, 0.2) is 18.2 Å². The third-order valence-corrected chi connectivity index (χ3v) is 3.55. The molecule has 6 nitrogen and oxygen atoms in total. The summed E-state index contributed by atoms with van der Waals surface area (Å²) >= 11 is 0. The monoisotopic (exact) mass is 291 g/mol. The molecule has 0 spiro atoms. The second kappa shape index (κ2) is 6.03. The molecule has 0 bridgehead atoms. The summed E-state index contributed by atoms with van der Waals surface area (Å²) < 4.78 is 5.54. The van der Waals surface area contributed by atoms with Crippen LogP contribution in [-0.4, -0.2) is 30.5 Å². The number of anilines is 2. The Bertz CT molecular complexity index is 559. The summed E-state index contributed by atoms with van der Waals surface area (Å²) in [7, 11) is 0. The zero-order valence-electron chi connectivity index (χ0n) is 12.6. The number of nitrogens with zero attached hydrogens (tertiary/aromatic N) is 1. The predicted octanol–water partition coefficient (Wildman–Crippen LogP) is 1.30. The van der Waals surface area contributed by atoms with Crippen molar-refractivity contribution in [3.8, 4) is 5.75 Å². The van der Waals surface area contributed by atoms with Gasteiger partial charge in [-0.2, -0.15) is 0 Å². The molecule has 0 radical (unpaired) electrons. The highest BCUT2D eigenvalue weighted by molar-refractivity contribution is 6.04. The maximum absolute atomic E-state index is 12.3. The number of carbonyl (C=O) groups is 2. The largest absolute Gasteiger partial charge is 0.477 e. The fourth-order valence-corrected chi connectivity index (χ4v) is 2.18. The third kappa shape index (κ3) is 3.09. The van der Waals surface area contributed by atoms with Gasteiger partial charge in [0.1, 0.15) is 6.54 Å². The molecule has 21 heavy (non-hydrogen) atoms. The van der Waals surface area contributed by atoms with E-state index < -0.39 is 6.10 Å². The minimum atomic E-state index is -0.654. The molecule has 1 aromatic carbocycles. The lowest BCUT2D eigenvalue weighted by Crippen LogP contribution is -2.49. The molecule has 1 aliphatic heterocycles. The van der Waals surface area contributed by atoms with Gasteiger partial charge in [0.05, 0.1) is 11.4 Å². The Morgan fingerprint density at radius 3 is 2.90 bits per heavy atom. The number of hydrogen-bond acceptors (Lipinski definition) is 4. The summed E-state index contributed by atoms with van der Waals surface area (Å²) in [5, 5.41) is 2.85. The molecule has 0 aliphatic carbocycles. The van der Waals surface area contributed by atoms with Crippen molar-refractivity contribution in [2.75, 3.05) is 17.2 Å². The number of hydrogen-bond donors (Lipinski definition) is 2. The van der Waals surface area contributed by atoms with Crippen LogP contribution in [-0.2, 0) is 9.59 Å². The Morgan fingerprint density at radius 1 is 1.52 bits per heavy atom. The van der Waals surface area contributed by atoms with Gasteiger partial charge < -0.3 is 15.8 Å². The Kier molecular flexibility index (Phi) is 4.35. The van der Waals surface area contributed by atoms with Crippen molar-refractivity contribution in [1.82, 2.24) is 5.32 Å². The molecular formula is C15H21N3O3. The maximum atomic E-state index is 12.3. The predicted molar refractivity (Wildman–Crippen MR) is 81.2 cm³/mol. The van der Waals surface area contributed by atoms with Crippen molar-refractivity contribution < 1.29 is 14.3 Å². The van der Waals surface area contributed by atoms with E-state index in [0.29, 0.717) is 17.1 Å². The minimum Gasteiger partial charge on any atom is -0.477 e. The van der Waals surface area contributed by atoms with E-state index in [9.17, 15) is 9.59 Å². The summed E-state index contributed by atoms with van der Waals surface area (Å²) in [4.78, 5) is 25.7. The number of fused-ring (bicyclic) bond motifs is 1. The molecule has 1 aromatic rings. The lowest BCUT2D eigenvalue weighted by molar-refractivity contribution is -0.128. The Balaban J connectivity index is 2.24. The van der Waals surface area contributed by atoms with Crippen LogP contribution in [0.5, 0.6) is 5.75 Å². The van der Waals surface area contributed by atoms with E-state index >= 15 is 0 Å². The molecule has 0 saturated carbocycles. The van der Waals surface area contributed by atoms with E-state index in [1.807, 2.05) is 13.8 Å². The van der Waals surface area contributed by atoms with Crippen molar-refractivity contribution in [2.45, 2.75) is 39.3 Å². The molecule has 2 unspecified atom stereocenters. The van der Waals surface area contributed by atoms with Crippen LogP contribution in [0.2, 0.25) is 0 Å². The van der Waals surface area contributed by atoms with Crippen LogP contribution in [0.3, 0.4) is 0 Å². The summed E-state index contributed by atoms with van der Waals surface area (Å²) in [6.45, 7) is 5.53. The molecule has 6 heteroatoms. The van der Waals surface area contributed by atoms with Gasteiger partial charge in [-0.1, -0.05) is 13.0 Å². The fraction of sp³-hybridized carbons (Fsp3) is 0.467. The van der Waals surface area contributed by atoms with Gasteiger partial charge in [0.2, 0.25) is 5.91 Å². The third-order valence-electron chi connectivity index (χ3n) is 3.55. The van der Waals surface area contributed by atoms with Crippen molar-refractivity contribution in [2.24, 2.45) is 0 Å². The highest BCUT2D eigenvalue weighted by Crippen LogP contribution is 2.38. The number of rotatable bonds is 4. The van der Waals surface area contributed by atoms with Crippen LogP contribution in [0, 0.1) is 0 Å². The van der Waals surface area contributed by atoms with Crippen molar-refractivity contribution in [3.05, 3.63) is 18.2 Å². The normalized spacial score (nSPS) is 18.7. The average molecular weight is 291 g/mol. The highest BCUT2D eigenvalue weighted by atomic mass is 16.5. The Morgan fingerprint density at radius 2 is 2.24 bits per heavy atom. The van der Waals surface area contributed by atoms with Crippen molar-refractivity contribution >= 4 is 23.2 Å². The smallest absolute Gasteiger partial charge is 0.268 e. The summed E-state index contributed by atoms with van der Waals surface area (Å²) in [5.74, 6) is 0.0218. The van der Waals surface area contributed by atoms with Crippen LogP contribution in [0.25, 0.3) is 0 Å². The second-order valence-corrected chi connectivity index (χ2v) is 5.26. The Hall–Kier alpha value is -2.24. The fourth-order valence-electron chi connectivity index (χ4n) is 2.18. The molecule has 114 valence electrons. The van der Waals surface area contributed by atoms with Gasteiger partial charge in [-0.25, -0.2) is 0 Å². The number of amides is 2. The lowest BCUT2D eigenvalue weighted by atomic mass is 10.1. The number of nitrogens with two attached hydrogens (primary N) is 1. The van der Waals surface area contributed by atoms with E-state index in [0.717, 1.165) is 6.42 Å². The molecule has 2 amide bonds. The number of nitrogen functional groups attached to an aromatic ring is 1. The van der Waals surface area contributed by atoms with E-state index in [4.69, 9.17) is 10.5 Å². The highest BCUT2D eigenvalue weighted by Gasteiger charge is 2.33. The minimum absolute atomic E-state index is 0.0344. The van der Waals surface area contributed by atoms with Gasteiger partial charge in [-0.15, -0.1) is 0 Å². The Labute approximate surface area is 124 Å². The standard InChI is InChI=1S/C15H21N3O3/c1-4-9(2)17-13(19)8-18-12-7-5-6-11(16)14(12)21-10(3)15(18)20/h5-7,9-10H,4,8,16H2,1-3H3,(H,17,19). The van der Waals surface area contributed by atoms with Crippen LogP contribution < -0.4 is 20.7 Å². The van der Waals surface area contributed by atoms with Crippen LogP contribution in [0.4, 0.5) is 11.4 Å². The number of ether oxygens (including phenoxy) is 1. The average Bonchev–Trinajstić information content (AvgIpc) is 2.45. The van der Waals surface area contributed by atoms with Gasteiger partial charge in [0.25, 0.3) is 5.91 Å². The zero-order valence-corrected chi connectivity index (χ0v) is 12.6. The van der Waals surface area contributed by atoms with Crippen LogP contribution >= 0.6 is 0 Å². The first-order chi connectivity index (χ1) is 9.93. The number of nitrogens with one attached hydrogen (secondary N) is 1. The maximum Gasteiger partial charge on any atom is 0.268 e. The molecular weight excluding hydrogens is 270 g/mol. The molecule has 0 aromatic heterocycles. The first-order valence-corrected chi connectivity index (χ1v) is 7.10. The second-order valence-electron chi connectivity index (χ2n) is 5.26. The van der Waals surface area contributed by atoms with Gasteiger partial charge in [-0.3, -0.25) is 14.5 Å². The molecule has 2 rings (SSSR count). The summed E-state index contributed by atoms with van der Waals surface area (Å²) in [5.41, 5.74) is 6.88. The molecule has 0 fully saturated rings. The van der Waals surface area contributed by atoms with Gasteiger partial charge in [-0.05, 0) is 32.4 Å². The van der Waals surface area contributed by atoms with Gasteiger partial charge in [0.15, 0.2) is 11.9 Å².